The van der Waals surface area contributed by atoms with E-state index >= 15 is 0 Å². The van der Waals surface area contributed by atoms with Crippen molar-refractivity contribution < 1.29 is 38.2 Å². The van der Waals surface area contributed by atoms with Crippen molar-refractivity contribution >= 4 is 24.1 Å². The van der Waals surface area contributed by atoms with Gasteiger partial charge in [-0.05, 0) is 53.5 Å². The second kappa shape index (κ2) is 12.4. The molecule has 1 rings (SSSR count). The Kier molecular flexibility index (Phi) is 10.5. The van der Waals surface area contributed by atoms with Gasteiger partial charge in [0.05, 0.1) is 7.11 Å². The number of esters is 1. The molecule has 0 spiro atoms. The van der Waals surface area contributed by atoms with Gasteiger partial charge in [-0.25, -0.2) is 19.4 Å². The highest BCUT2D eigenvalue weighted by Crippen LogP contribution is 2.21. The van der Waals surface area contributed by atoms with Crippen LogP contribution >= 0.6 is 0 Å². The largest absolute Gasteiger partial charge is 0.459 e. The van der Waals surface area contributed by atoms with E-state index in [1.54, 1.807) is 65.8 Å². The molecule has 10 heteroatoms. The summed E-state index contributed by atoms with van der Waals surface area (Å²) in [6.07, 6.45) is -2.61. The van der Waals surface area contributed by atoms with E-state index in [1.807, 2.05) is 6.07 Å². The molecule has 0 heterocycles. The molecule has 0 unspecified atom stereocenters. The molecule has 1 aromatic carbocycles. The number of carbonyl (C=O) groups is 4. The van der Waals surface area contributed by atoms with Crippen molar-refractivity contribution in [2.75, 3.05) is 14.2 Å². The quantitative estimate of drug-likeness (QED) is 0.311. The van der Waals surface area contributed by atoms with Crippen molar-refractivity contribution in [3.63, 3.8) is 0 Å². The Labute approximate surface area is 201 Å². The van der Waals surface area contributed by atoms with E-state index in [4.69, 9.17) is 19.0 Å². The van der Waals surface area contributed by atoms with E-state index in [-0.39, 0.29) is 19.4 Å². The number of amides is 3. The van der Waals surface area contributed by atoms with E-state index in [1.165, 1.54) is 14.2 Å². The van der Waals surface area contributed by atoms with Crippen molar-refractivity contribution in [1.29, 1.82) is 0 Å². The molecule has 0 aliphatic heterocycles. The monoisotopic (exact) mass is 480 g/mol. The lowest BCUT2D eigenvalue weighted by atomic mass is 10.1. The van der Waals surface area contributed by atoms with E-state index < -0.39 is 41.3 Å². The lowest BCUT2D eigenvalue weighted by molar-refractivity contribution is -0.169. The summed E-state index contributed by atoms with van der Waals surface area (Å²) >= 11 is 0. The van der Waals surface area contributed by atoms with Crippen molar-refractivity contribution in [2.45, 2.75) is 78.2 Å². The first-order chi connectivity index (χ1) is 15.6. The van der Waals surface area contributed by atoms with Crippen LogP contribution in [0.5, 0.6) is 0 Å². The molecule has 0 saturated heterocycles. The average Bonchev–Trinajstić information content (AvgIpc) is 2.71. The summed E-state index contributed by atoms with van der Waals surface area (Å²) in [5.41, 5.74) is -1.20. The van der Waals surface area contributed by atoms with Gasteiger partial charge >= 0.3 is 18.2 Å². The molecule has 0 N–H and O–H groups in total. The van der Waals surface area contributed by atoms with Gasteiger partial charge in [0.25, 0.3) is 0 Å². The van der Waals surface area contributed by atoms with Crippen molar-refractivity contribution in [2.24, 2.45) is 0 Å². The molecule has 0 aliphatic rings. The fourth-order valence-electron chi connectivity index (χ4n) is 2.65. The van der Waals surface area contributed by atoms with E-state index in [9.17, 15) is 19.2 Å². The highest BCUT2D eigenvalue weighted by atomic mass is 16.7. The predicted octanol–water partition coefficient (Wildman–Crippen LogP) is 4.07. The van der Waals surface area contributed by atoms with Crippen LogP contribution in [0.15, 0.2) is 30.3 Å². The van der Waals surface area contributed by atoms with Crippen LogP contribution in [0.1, 0.15) is 59.9 Å². The fraction of sp³-hybridized carbons (Fsp3) is 0.583. The third kappa shape index (κ3) is 10.2. The first-order valence-electron chi connectivity index (χ1n) is 10.9. The van der Waals surface area contributed by atoms with Crippen LogP contribution in [-0.4, -0.2) is 65.4 Å². The normalized spacial score (nSPS) is 12.4. The summed E-state index contributed by atoms with van der Waals surface area (Å²) in [4.78, 5) is 56.9. The molecule has 3 amide bonds. The van der Waals surface area contributed by atoms with Crippen LogP contribution in [0, 0.1) is 0 Å². The van der Waals surface area contributed by atoms with Crippen molar-refractivity contribution in [3.8, 4) is 0 Å². The number of imide groups is 1. The molecule has 0 radical (unpaired) electrons. The standard InChI is InChI=1S/C24H36N2O8/c1-23(2,3)33-21(29)26(22(30)34-24(4,5)6)18(14-15-19(27)25(7)31-8)20(28)32-16-17-12-10-9-11-13-17/h9-13,18H,14-16H2,1-8H3/t18-/m1/s1. The van der Waals surface area contributed by atoms with Gasteiger partial charge < -0.3 is 14.2 Å². The molecular formula is C24H36N2O8. The van der Waals surface area contributed by atoms with Gasteiger partial charge in [0, 0.05) is 13.5 Å². The van der Waals surface area contributed by atoms with E-state index in [0.717, 1.165) is 5.06 Å². The SMILES string of the molecule is CON(C)C(=O)CC[C@H](C(=O)OCc1ccccc1)N(C(=O)OC(C)(C)C)C(=O)OC(C)(C)C. The minimum atomic E-state index is -1.47. The molecule has 34 heavy (non-hydrogen) atoms. The van der Waals surface area contributed by atoms with E-state index in [2.05, 4.69) is 0 Å². The number of benzene rings is 1. The van der Waals surface area contributed by atoms with Gasteiger partial charge in [-0.1, -0.05) is 30.3 Å². The smallest absolute Gasteiger partial charge is 0.420 e. The summed E-state index contributed by atoms with van der Waals surface area (Å²) in [7, 11) is 2.72. The average molecular weight is 481 g/mol. The van der Waals surface area contributed by atoms with Crippen LogP contribution in [-0.2, 0) is 35.2 Å². The van der Waals surface area contributed by atoms with Crippen molar-refractivity contribution in [1.82, 2.24) is 9.96 Å². The number of rotatable bonds is 8. The molecule has 0 saturated carbocycles. The topological polar surface area (TPSA) is 112 Å². The zero-order chi connectivity index (χ0) is 26.1. The van der Waals surface area contributed by atoms with Gasteiger partial charge in [0.15, 0.2) is 0 Å². The Morgan fingerprint density at radius 1 is 0.882 bits per heavy atom. The molecule has 0 aromatic heterocycles. The molecule has 0 bridgehead atoms. The minimum absolute atomic E-state index is 0.0848. The molecule has 10 nitrogen and oxygen atoms in total. The first kappa shape index (κ1) is 28.9. The molecule has 0 aliphatic carbocycles. The molecule has 0 fully saturated rings. The third-order valence-electron chi connectivity index (χ3n) is 4.24. The van der Waals surface area contributed by atoms with Gasteiger partial charge in [0.1, 0.15) is 23.9 Å². The number of hydrogen-bond donors (Lipinski definition) is 0. The Hall–Kier alpha value is -3.14. The summed E-state index contributed by atoms with van der Waals surface area (Å²) in [6.45, 7) is 9.65. The third-order valence-corrected chi connectivity index (χ3v) is 4.24. The Morgan fingerprint density at radius 2 is 1.38 bits per heavy atom. The Morgan fingerprint density at radius 3 is 1.82 bits per heavy atom. The van der Waals surface area contributed by atoms with Gasteiger partial charge in [-0.3, -0.25) is 9.63 Å². The maximum Gasteiger partial charge on any atom is 0.420 e. The number of hydroxylamine groups is 2. The number of carbonyl (C=O) groups excluding carboxylic acids is 4. The molecular weight excluding hydrogens is 444 g/mol. The maximum atomic E-state index is 13.1. The van der Waals surface area contributed by atoms with E-state index in [0.29, 0.717) is 10.5 Å². The number of nitrogens with zero attached hydrogens (tertiary/aromatic N) is 2. The highest BCUT2D eigenvalue weighted by Gasteiger charge is 2.41. The maximum absolute atomic E-state index is 13.1. The molecule has 190 valence electrons. The zero-order valence-corrected chi connectivity index (χ0v) is 21.2. The highest BCUT2D eigenvalue weighted by molar-refractivity contribution is 5.94. The van der Waals surface area contributed by atoms with Gasteiger partial charge in [0.2, 0.25) is 5.91 Å². The Bertz CT molecular complexity index is 815. The lowest BCUT2D eigenvalue weighted by Crippen LogP contribution is -2.52. The summed E-state index contributed by atoms with van der Waals surface area (Å²) < 4.78 is 16.1. The molecule has 1 atom stereocenters. The summed E-state index contributed by atoms with van der Waals surface area (Å²) in [5, 5.41) is 0.984. The zero-order valence-electron chi connectivity index (χ0n) is 21.2. The fourth-order valence-corrected chi connectivity index (χ4v) is 2.65. The van der Waals surface area contributed by atoms with Crippen LogP contribution in [0.3, 0.4) is 0 Å². The summed E-state index contributed by atoms with van der Waals surface area (Å²) in [6, 6.07) is 7.44. The number of ether oxygens (including phenoxy) is 3. The second-order valence-corrected chi connectivity index (χ2v) is 9.55. The number of hydrogen-bond acceptors (Lipinski definition) is 8. The summed E-state index contributed by atoms with van der Waals surface area (Å²) in [5.74, 6) is -1.34. The second-order valence-electron chi connectivity index (χ2n) is 9.55. The first-order valence-corrected chi connectivity index (χ1v) is 10.9. The van der Waals surface area contributed by atoms with Gasteiger partial charge in [-0.15, -0.1) is 0 Å². The van der Waals surface area contributed by atoms with Crippen LogP contribution in [0.25, 0.3) is 0 Å². The lowest BCUT2D eigenvalue weighted by Gasteiger charge is -2.32. The van der Waals surface area contributed by atoms with Crippen LogP contribution < -0.4 is 0 Å². The van der Waals surface area contributed by atoms with Crippen molar-refractivity contribution in [3.05, 3.63) is 35.9 Å². The predicted molar refractivity (Wildman–Crippen MR) is 123 cm³/mol. The molecule has 1 aromatic rings. The minimum Gasteiger partial charge on any atom is -0.459 e. The van der Waals surface area contributed by atoms with Gasteiger partial charge in [-0.2, -0.15) is 4.90 Å². The van der Waals surface area contributed by atoms with Crippen LogP contribution in [0.4, 0.5) is 9.59 Å². The Balaban J connectivity index is 3.27. The van der Waals surface area contributed by atoms with Crippen LogP contribution in [0.2, 0.25) is 0 Å².